The number of oxazole rings is 1. The van der Waals surface area contributed by atoms with Gasteiger partial charge in [0.1, 0.15) is 0 Å². The van der Waals surface area contributed by atoms with E-state index in [1.165, 1.54) is 6.07 Å². The molecule has 0 aliphatic carbocycles. The normalized spacial score (nSPS) is 11.8. The summed E-state index contributed by atoms with van der Waals surface area (Å²) in [4.78, 5) is 13.8. The lowest BCUT2D eigenvalue weighted by Gasteiger charge is -2.13. The Morgan fingerprint density at radius 1 is 1.09 bits per heavy atom. The van der Waals surface area contributed by atoms with Gasteiger partial charge in [0.2, 0.25) is 0 Å². The summed E-state index contributed by atoms with van der Waals surface area (Å²) in [7, 11) is -3.79. The van der Waals surface area contributed by atoms with Gasteiger partial charge in [-0.3, -0.25) is 9.71 Å². The zero-order valence-electron chi connectivity index (χ0n) is 12.9. The number of aryl methyl sites for hydroxylation is 2. The van der Waals surface area contributed by atoms with E-state index in [2.05, 4.69) is 9.71 Å². The van der Waals surface area contributed by atoms with Crippen LogP contribution in [0.25, 0.3) is 11.1 Å². The van der Waals surface area contributed by atoms with Crippen LogP contribution in [0.5, 0.6) is 0 Å². The molecule has 0 spiro atoms. The van der Waals surface area contributed by atoms with Gasteiger partial charge in [-0.05, 0) is 49.6 Å². The van der Waals surface area contributed by atoms with E-state index in [1.807, 2.05) is 19.9 Å². The number of hydrogen-bond acceptors (Lipinski definition) is 4. The number of sulfonamides is 1. The molecule has 0 atom stereocenters. The Kier molecular flexibility index (Phi) is 3.52. The Morgan fingerprint density at radius 2 is 1.83 bits per heavy atom. The van der Waals surface area contributed by atoms with Crippen LogP contribution in [0, 0.1) is 20.8 Å². The molecule has 0 aliphatic heterocycles. The molecule has 2 N–H and O–H groups in total. The highest BCUT2D eigenvalue weighted by Gasteiger charge is 2.20. The monoisotopic (exact) mass is 332 g/mol. The zero-order chi connectivity index (χ0) is 16.8. The maximum atomic E-state index is 12.7. The summed E-state index contributed by atoms with van der Waals surface area (Å²) in [5, 5.41) is 0. The molecule has 0 unspecified atom stereocenters. The molecule has 3 rings (SSSR count). The third-order valence-corrected chi connectivity index (χ3v) is 5.36. The van der Waals surface area contributed by atoms with Crippen LogP contribution in [0.4, 0.5) is 5.69 Å². The highest BCUT2D eigenvalue weighted by atomic mass is 32.2. The van der Waals surface area contributed by atoms with Crippen molar-refractivity contribution in [3.8, 4) is 0 Å². The predicted octanol–water partition coefficient (Wildman–Crippen LogP) is 2.85. The standard InChI is InChI=1S/C16H16N2O4S/c1-9-5-4-6-12(11(9)3)18-23(20,21)15-8-14-13(7-10(15)2)17-16(19)22-14/h4-8,18H,1-3H3,(H,17,19). The lowest BCUT2D eigenvalue weighted by atomic mass is 10.1. The van der Waals surface area contributed by atoms with Gasteiger partial charge in [-0.1, -0.05) is 12.1 Å². The van der Waals surface area contributed by atoms with E-state index >= 15 is 0 Å². The number of benzene rings is 2. The van der Waals surface area contributed by atoms with Gasteiger partial charge >= 0.3 is 5.76 Å². The van der Waals surface area contributed by atoms with E-state index in [0.717, 1.165) is 11.1 Å². The van der Waals surface area contributed by atoms with Crippen LogP contribution in [0.3, 0.4) is 0 Å². The average Bonchev–Trinajstić information content (AvgIpc) is 2.82. The zero-order valence-corrected chi connectivity index (χ0v) is 13.7. The molecule has 2 aromatic carbocycles. The minimum atomic E-state index is -3.79. The summed E-state index contributed by atoms with van der Waals surface area (Å²) < 4.78 is 32.9. The Labute approximate surface area is 133 Å². The molecule has 1 heterocycles. The van der Waals surface area contributed by atoms with Crippen LogP contribution in [0.15, 0.2) is 44.4 Å². The maximum Gasteiger partial charge on any atom is 0.417 e. The van der Waals surface area contributed by atoms with Gasteiger partial charge < -0.3 is 4.42 Å². The van der Waals surface area contributed by atoms with Crippen molar-refractivity contribution in [3.05, 3.63) is 57.6 Å². The molecule has 0 saturated heterocycles. The van der Waals surface area contributed by atoms with Gasteiger partial charge in [0.15, 0.2) is 5.58 Å². The molecule has 120 valence electrons. The lowest BCUT2D eigenvalue weighted by Crippen LogP contribution is -2.15. The van der Waals surface area contributed by atoms with Crippen LogP contribution in [-0.4, -0.2) is 13.4 Å². The van der Waals surface area contributed by atoms with Crippen molar-refractivity contribution in [2.24, 2.45) is 0 Å². The Morgan fingerprint density at radius 3 is 2.57 bits per heavy atom. The van der Waals surface area contributed by atoms with E-state index in [-0.39, 0.29) is 10.5 Å². The summed E-state index contributed by atoms with van der Waals surface area (Å²) in [5.41, 5.74) is 3.59. The summed E-state index contributed by atoms with van der Waals surface area (Å²) in [6, 6.07) is 8.36. The van der Waals surface area contributed by atoms with Gasteiger partial charge in [0, 0.05) is 6.07 Å². The van der Waals surface area contributed by atoms with Crippen LogP contribution < -0.4 is 10.5 Å². The van der Waals surface area contributed by atoms with Gasteiger partial charge in [-0.2, -0.15) is 0 Å². The van der Waals surface area contributed by atoms with Gasteiger partial charge in [-0.15, -0.1) is 0 Å². The third kappa shape index (κ3) is 2.75. The van der Waals surface area contributed by atoms with Crippen molar-refractivity contribution in [1.82, 2.24) is 4.98 Å². The SMILES string of the molecule is Cc1cc2[nH]c(=O)oc2cc1S(=O)(=O)Nc1cccc(C)c1C. The molecule has 1 aromatic heterocycles. The highest BCUT2D eigenvalue weighted by Crippen LogP contribution is 2.26. The number of nitrogens with one attached hydrogen (secondary N) is 2. The predicted molar refractivity (Wildman–Crippen MR) is 88.3 cm³/mol. The molecule has 7 heteroatoms. The largest absolute Gasteiger partial charge is 0.417 e. The van der Waals surface area contributed by atoms with Crippen molar-refractivity contribution < 1.29 is 12.8 Å². The molecule has 0 saturated carbocycles. The number of anilines is 1. The van der Waals surface area contributed by atoms with E-state index in [9.17, 15) is 13.2 Å². The van der Waals surface area contributed by atoms with E-state index in [4.69, 9.17) is 4.42 Å². The van der Waals surface area contributed by atoms with Gasteiger partial charge in [-0.25, -0.2) is 13.2 Å². The summed E-state index contributed by atoms with van der Waals surface area (Å²) in [6.45, 7) is 5.44. The van der Waals surface area contributed by atoms with Crippen LogP contribution in [0.2, 0.25) is 0 Å². The number of aromatic amines is 1. The van der Waals surface area contributed by atoms with Crippen LogP contribution in [-0.2, 0) is 10.0 Å². The van der Waals surface area contributed by atoms with E-state index in [0.29, 0.717) is 16.8 Å². The van der Waals surface area contributed by atoms with Crippen LogP contribution >= 0.6 is 0 Å². The molecule has 3 aromatic rings. The fourth-order valence-corrected chi connectivity index (χ4v) is 3.80. The Hall–Kier alpha value is -2.54. The van der Waals surface area contributed by atoms with Gasteiger partial charge in [0.05, 0.1) is 16.1 Å². The summed E-state index contributed by atoms with van der Waals surface area (Å²) >= 11 is 0. The fourth-order valence-electron chi connectivity index (χ4n) is 2.44. The molecule has 6 nitrogen and oxygen atoms in total. The minimum absolute atomic E-state index is 0.0775. The topological polar surface area (TPSA) is 92.2 Å². The first-order chi connectivity index (χ1) is 10.8. The summed E-state index contributed by atoms with van der Waals surface area (Å²) in [6.07, 6.45) is 0. The van der Waals surface area contributed by atoms with E-state index < -0.39 is 15.8 Å². The molecular weight excluding hydrogens is 316 g/mol. The molecule has 0 fully saturated rings. The first kappa shape index (κ1) is 15.4. The fraction of sp³-hybridized carbons (Fsp3) is 0.188. The summed E-state index contributed by atoms with van der Waals surface area (Å²) in [5.74, 6) is -0.614. The number of H-pyrrole nitrogens is 1. The minimum Gasteiger partial charge on any atom is -0.408 e. The number of aromatic nitrogens is 1. The molecule has 0 amide bonds. The first-order valence-corrected chi connectivity index (χ1v) is 8.49. The van der Waals surface area contributed by atoms with Crippen molar-refractivity contribution in [2.45, 2.75) is 25.7 Å². The van der Waals surface area contributed by atoms with Crippen molar-refractivity contribution in [3.63, 3.8) is 0 Å². The molecule has 0 bridgehead atoms. The lowest BCUT2D eigenvalue weighted by molar-refractivity contribution is 0.554. The van der Waals surface area contributed by atoms with Crippen molar-refractivity contribution >= 4 is 26.8 Å². The van der Waals surface area contributed by atoms with Crippen LogP contribution in [0.1, 0.15) is 16.7 Å². The highest BCUT2D eigenvalue weighted by molar-refractivity contribution is 7.92. The number of rotatable bonds is 3. The van der Waals surface area contributed by atoms with Crippen molar-refractivity contribution in [1.29, 1.82) is 0 Å². The molecule has 0 aliphatic rings. The average molecular weight is 332 g/mol. The molecule has 0 radical (unpaired) electrons. The second-order valence-electron chi connectivity index (χ2n) is 5.48. The second kappa shape index (κ2) is 5.27. The van der Waals surface area contributed by atoms with Crippen molar-refractivity contribution in [2.75, 3.05) is 4.72 Å². The Balaban J connectivity index is 2.10. The number of fused-ring (bicyclic) bond motifs is 1. The number of hydrogen-bond donors (Lipinski definition) is 2. The first-order valence-electron chi connectivity index (χ1n) is 7.00. The molecule has 23 heavy (non-hydrogen) atoms. The maximum absolute atomic E-state index is 12.7. The second-order valence-corrected chi connectivity index (χ2v) is 7.13. The Bertz CT molecular complexity index is 1060. The smallest absolute Gasteiger partial charge is 0.408 e. The third-order valence-electron chi connectivity index (χ3n) is 3.86. The molecular formula is C16H16N2O4S. The van der Waals surface area contributed by atoms with Gasteiger partial charge in [0.25, 0.3) is 10.0 Å². The quantitative estimate of drug-likeness (QED) is 0.771. The van der Waals surface area contributed by atoms with E-state index in [1.54, 1.807) is 25.1 Å².